The third kappa shape index (κ3) is 5.33. The molecule has 2 aromatic heterocycles. The Balaban J connectivity index is 0.00000289. The molecule has 35 heavy (non-hydrogen) atoms. The topological polar surface area (TPSA) is 105 Å². The second-order valence-electron chi connectivity index (χ2n) is 9.03. The van der Waals surface area contributed by atoms with Gasteiger partial charge in [-0.15, -0.1) is 0 Å². The Morgan fingerprint density at radius 2 is 1.74 bits per heavy atom. The van der Waals surface area contributed by atoms with Gasteiger partial charge < -0.3 is 12.4 Å². The molecule has 0 unspecified atom stereocenters. The number of H-pyrrole nitrogens is 2. The predicted molar refractivity (Wildman–Crippen MR) is 132 cm³/mol. The SMILES string of the molecule is C/C(=C/c1[nH]c(N)[n+](CC2CC2)c1Cc1ccccc1)Cn1[nH]c(=O)n(-c2ccccc2)c1=O.[Cl-]. The van der Waals surface area contributed by atoms with Gasteiger partial charge in [-0.25, -0.2) is 33.5 Å². The van der Waals surface area contributed by atoms with Crippen molar-refractivity contribution in [3.05, 3.63) is 104 Å². The van der Waals surface area contributed by atoms with Crippen molar-refractivity contribution in [1.82, 2.24) is 19.3 Å². The zero-order chi connectivity index (χ0) is 23.7. The number of nitrogen functional groups attached to an aromatic ring is 1. The average molecular weight is 493 g/mol. The van der Waals surface area contributed by atoms with E-state index >= 15 is 0 Å². The highest BCUT2D eigenvalue weighted by Gasteiger charge is 2.28. The van der Waals surface area contributed by atoms with Crippen LogP contribution in [-0.4, -0.2) is 19.3 Å². The fraction of sp³-hybridized carbons (Fsp3) is 0.269. The van der Waals surface area contributed by atoms with E-state index in [0.717, 1.165) is 34.5 Å². The Hall–Kier alpha value is -3.78. The van der Waals surface area contributed by atoms with Gasteiger partial charge >= 0.3 is 17.3 Å². The van der Waals surface area contributed by atoms with Crippen LogP contribution < -0.4 is 34.1 Å². The number of para-hydroxylation sites is 1. The highest BCUT2D eigenvalue weighted by atomic mass is 35.5. The molecule has 9 heteroatoms. The first-order chi connectivity index (χ1) is 16.5. The van der Waals surface area contributed by atoms with Crippen LogP contribution in [0.4, 0.5) is 5.95 Å². The number of halogens is 1. The quantitative estimate of drug-likeness (QED) is 0.292. The summed E-state index contributed by atoms with van der Waals surface area (Å²) in [6, 6.07) is 19.2. The molecule has 4 aromatic rings. The lowest BCUT2D eigenvalue weighted by Crippen LogP contribution is -3.00. The molecule has 0 radical (unpaired) electrons. The number of hydrogen-bond donors (Lipinski definition) is 3. The minimum absolute atomic E-state index is 0. The summed E-state index contributed by atoms with van der Waals surface area (Å²) in [7, 11) is 0. The first-order valence-corrected chi connectivity index (χ1v) is 11.6. The summed E-state index contributed by atoms with van der Waals surface area (Å²) in [5.41, 5.74) is 10.2. The molecule has 0 atom stereocenters. The molecular formula is C26H29ClN6O2. The molecule has 0 spiro atoms. The molecule has 2 aromatic carbocycles. The van der Waals surface area contributed by atoms with Gasteiger partial charge in [0.25, 0.3) is 0 Å². The third-order valence-corrected chi connectivity index (χ3v) is 6.21. The first-order valence-electron chi connectivity index (χ1n) is 11.6. The number of aromatic nitrogens is 5. The number of aromatic amines is 2. The lowest BCUT2D eigenvalue weighted by atomic mass is 10.1. The van der Waals surface area contributed by atoms with Crippen molar-refractivity contribution in [3.63, 3.8) is 0 Å². The number of benzene rings is 2. The van der Waals surface area contributed by atoms with Crippen LogP contribution >= 0.6 is 0 Å². The summed E-state index contributed by atoms with van der Waals surface area (Å²) in [6.45, 7) is 3.11. The fourth-order valence-corrected chi connectivity index (χ4v) is 4.31. The van der Waals surface area contributed by atoms with Crippen LogP contribution in [0, 0.1) is 5.92 Å². The number of imidazole rings is 1. The Morgan fingerprint density at radius 1 is 1.09 bits per heavy atom. The standard InChI is InChI=1S/C26H28N6O2.ClH/c1-18(16-31-26(34)32(25(33)29-31)21-10-6-3-7-11-21)14-22-23(15-19-8-4-2-5-9-19)30(24(27)28-22)17-20-12-13-20;/h2-11,14,20H,12-13,15-17H2,1H3,(H3,27,28,29,33);1H/b18-14-;. The molecule has 0 aliphatic heterocycles. The summed E-state index contributed by atoms with van der Waals surface area (Å²) in [6.07, 6.45) is 5.24. The lowest BCUT2D eigenvalue weighted by molar-refractivity contribution is -0.691. The molecule has 0 saturated heterocycles. The van der Waals surface area contributed by atoms with Gasteiger partial charge in [0.15, 0.2) is 0 Å². The predicted octanol–water partition coefficient (Wildman–Crippen LogP) is -0.367. The smallest absolute Gasteiger partial charge is 0.353 e. The molecular weight excluding hydrogens is 464 g/mol. The molecule has 1 saturated carbocycles. The van der Waals surface area contributed by atoms with E-state index in [-0.39, 0.29) is 19.0 Å². The summed E-state index contributed by atoms with van der Waals surface area (Å²) in [5.74, 6) is 1.31. The highest BCUT2D eigenvalue weighted by molar-refractivity contribution is 5.52. The van der Waals surface area contributed by atoms with Crippen molar-refractivity contribution in [3.8, 4) is 5.69 Å². The Kier molecular flexibility index (Phi) is 7.12. The van der Waals surface area contributed by atoms with Crippen LogP contribution in [0.3, 0.4) is 0 Å². The van der Waals surface area contributed by atoms with Gasteiger partial charge in [0, 0.05) is 6.42 Å². The van der Waals surface area contributed by atoms with E-state index in [1.807, 2.05) is 37.3 Å². The summed E-state index contributed by atoms with van der Waals surface area (Å²) >= 11 is 0. The van der Waals surface area contributed by atoms with Gasteiger partial charge in [-0.05, 0) is 55.0 Å². The molecule has 5 rings (SSSR count). The second kappa shape index (κ2) is 10.2. The van der Waals surface area contributed by atoms with Gasteiger partial charge in [-0.3, -0.25) is 5.73 Å². The molecule has 4 N–H and O–H groups in total. The molecule has 1 fully saturated rings. The number of anilines is 1. The lowest BCUT2D eigenvalue weighted by Gasteiger charge is -2.06. The zero-order valence-electron chi connectivity index (χ0n) is 19.6. The van der Waals surface area contributed by atoms with Gasteiger partial charge in [-0.1, -0.05) is 48.5 Å². The van der Waals surface area contributed by atoms with Gasteiger partial charge in [0.05, 0.1) is 18.8 Å². The average Bonchev–Trinajstić information content (AvgIpc) is 3.55. The van der Waals surface area contributed by atoms with Crippen LogP contribution in [0.15, 0.2) is 75.8 Å². The van der Waals surface area contributed by atoms with Gasteiger partial charge in [0.1, 0.15) is 11.4 Å². The van der Waals surface area contributed by atoms with Crippen molar-refractivity contribution in [2.75, 3.05) is 5.73 Å². The molecule has 0 bridgehead atoms. The van der Waals surface area contributed by atoms with E-state index in [9.17, 15) is 9.59 Å². The number of nitrogens with zero attached hydrogens (tertiary/aromatic N) is 3. The Morgan fingerprint density at radius 3 is 2.40 bits per heavy atom. The third-order valence-electron chi connectivity index (χ3n) is 6.21. The number of rotatable bonds is 8. The maximum atomic E-state index is 12.9. The number of hydrogen-bond acceptors (Lipinski definition) is 3. The second-order valence-corrected chi connectivity index (χ2v) is 9.03. The number of nitrogens with two attached hydrogens (primary N) is 1. The molecule has 1 aliphatic carbocycles. The highest BCUT2D eigenvalue weighted by Crippen LogP contribution is 2.30. The fourth-order valence-electron chi connectivity index (χ4n) is 4.31. The first kappa shape index (κ1) is 24.3. The van der Waals surface area contributed by atoms with E-state index in [4.69, 9.17) is 5.73 Å². The van der Waals surface area contributed by atoms with E-state index < -0.39 is 11.4 Å². The maximum absolute atomic E-state index is 12.9. The van der Waals surface area contributed by atoms with Gasteiger partial charge in [-0.2, -0.15) is 0 Å². The van der Waals surface area contributed by atoms with E-state index in [0.29, 0.717) is 17.6 Å². The summed E-state index contributed by atoms with van der Waals surface area (Å²) in [4.78, 5) is 28.7. The van der Waals surface area contributed by atoms with Crippen molar-refractivity contribution in [2.24, 2.45) is 5.92 Å². The van der Waals surface area contributed by atoms with Crippen LogP contribution in [0.25, 0.3) is 11.8 Å². The zero-order valence-corrected chi connectivity index (χ0v) is 20.3. The van der Waals surface area contributed by atoms with Crippen molar-refractivity contribution < 1.29 is 17.0 Å². The summed E-state index contributed by atoms with van der Waals surface area (Å²) < 4.78 is 4.66. The maximum Gasteiger partial charge on any atom is 0.353 e. The summed E-state index contributed by atoms with van der Waals surface area (Å²) in [5, 5.41) is 2.66. The van der Waals surface area contributed by atoms with Crippen LogP contribution in [-0.2, 0) is 19.5 Å². The molecule has 182 valence electrons. The van der Waals surface area contributed by atoms with Crippen LogP contribution in [0.5, 0.6) is 0 Å². The van der Waals surface area contributed by atoms with E-state index in [2.05, 4.69) is 26.8 Å². The number of allylic oxidation sites excluding steroid dienone is 1. The van der Waals surface area contributed by atoms with Crippen molar-refractivity contribution in [2.45, 2.75) is 39.3 Å². The minimum atomic E-state index is -0.458. The largest absolute Gasteiger partial charge is 1.00 e. The monoisotopic (exact) mass is 492 g/mol. The van der Waals surface area contributed by atoms with Gasteiger partial charge in [0.2, 0.25) is 0 Å². The van der Waals surface area contributed by atoms with Crippen molar-refractivity contribution >= 4 is 12.0 Å². The minimum Gasteiger partial charge on any atom is -1.00 e. The normalized spacial score (nSPS) is 13.6. The van der Waals surface area contributed by atoms with Crippen LogP contribution in [0.1, 0.15) is 36.7 Å². The Labute approximate surface area is 209 Å². The Bertz CT molecular complexity index is 1440. The molecule has 1 aliphatic rings. The molecule has 8 nitrogen and oxygen atoms in total. The van der Waals surface area contributed by atoms with Crippen LogP contribution in [0.2, 0.25) is 0 Å². The number of nitrogens with one attached hydrogen (secondary N) is 2. The van der Waals surface area contributed by atoms with E-state index in [1.165, 1.54) is 23.1 Å². The van der Waals surface area contributed by atoms with E-state index in [1.54, 1.807) is 24.3 Å². The van der Waals surface area contributed by atoms with Crippen molar-refractivity contribution in [1.29, 1.82) is 0 Å². The molecule has 2 heterocycles. The molecule has 0 amide bonds.